The lowest BCUT2D eigenvalue weighted by atomic mass is 10.2. The Labute approximate surface area is 151 Å². The van der Waals surface area contributed by atoms with Crippen LogP contribution in [0.2, 0.25) is 10.0 Å². The van der Waals surface area contributed by atoms with Gasteiger partial charge in [-0.3, -0.25) is 4.79 Å². The Kier molecular flexibility index (Phi) is 5.53. The zero-order valence-corrected chi connectivity index (χ0v) is 14.6. The van der Waals surface area contributed by atoms with Gasteiger partial charge in [-0.05, 0) is 37.1 Å². The van der Waals surface area contributed by atoms with Gasteiger partial charge in [-0.2, -0.15) is 0 Å². The molecule has 3 rings (SSSR count). The maximum Gasteiger partial charge on any atom is 0.272 e. The molecule has 0 radical (unpaired) electrons. The molecule has 0 atom stereocenters. The van der Waals surface area contributed by atoms with Crippen LogP contribution in [0.1, 0.15) is 36.2 Å². The van der Waals surface area contributed by atoms with Crippen LogP contribution in [-0.4, -0.2) is 33.9 Å². The first-order valence-corrected chi connectivity index (χ1v) is 8.73. The van der Waals surface area contributed by atoms with Gasteiger partial charge in [-0.1, -0.05) is 36.0 Å². The van der Waals surface area contributed by atoms with E-state index in [1.54, 1.807) is 30.5 Å². The molecule has 5 nitrogen and oxygen atoms in total. The average Bonchev–Trinajstić information content (AvgIpc) is 2.87. The van der Waals surface area contributed by atoms with E-state index in [4.69, 9.17) is 23.2 Å². The van der Waals surface area contributed by atoms with Gasteiger partial charge < -0.3 is 10.2 Å². The van der Waals surface area contributed by atoms with Crippen molar-refractivity contribution in [2.45, 2.75) is 25.7 Å². The number of hydrogen-bond acceptors (Lipinski definition) is 4. The summed E-state index contributed by atoms with van der Waals surface area (Å²) in [5, 5.41) is 4.08. The fourth-order valence-electron chi connectivity index (χ4n) is 2.69. The number of benzene rings is 1. The number of amides is 1. The maximum atomic E-state index is 12.6. The van der Waals surface area contributed by atoms with Crippen LogP contribution in [0.4, 0.5) is 11.6 Å². The van der Waals surface area contributed by atoms with Crippen LogP contribution in [0, 0.1) is 0 Å². The van der Waals surface area contributed by atoms with Gasteiger partial charge >= 0.3 is 0 Å². The highest BCUT2D eigenvalue weighted by atomic mass is 35.5. The van der Waals surface area contributed by atoms with Crippen LogP contribution in [0.15, 0.2) is 30.5 Å². The molecule has 2 aromatic rings. The number of nitrogens with one attached hydrogen (secondary N) is 1. The summed E-state index contributed by atoms with van der Waals surface area (Å²) < 4.78 is 0. The standard InChI is InChI=1S/C17H18Cl2N4O/c18-12-5-6-13(19)15(11-12)22-17-20-8-7-14(21-17)16(24)23-9-3-1-2-4-10-23/h5-8,11H,1-4,9-10H2,(H,20,21,22). The van der Waals surface area contributed by atoms with Crippen LogP contribution < -0.4 is 5.32 Å². The third-order valence-electron chi connectivity index (χ3n) is 3.94. The average molecular weight is 365 g/mol. The number of hydrogen-bond donors (Lipinski definition) is 1. The highest BCUT2D eigenvalue weighted by Gasteiger charge is 2.19. The van der Waals surface area contributed by atoms with E-state index in [-0.39, 0.29) is 5.91 Å². The largest absolute Gasteiger partial charge is 0.337 e. The number of aromatic nitrogens is 2. The fraction of sp³-hybridized carbons (Fsp3) is 0.353. The molecule has 1 aromatic carbocycles. The van der Waals surface area contributed by atoms with E-state index in [0.29, 0.717) is 27.4 Å². The minimum Gasteiger partial charge on any atom is -0.337 e. The molecule has 7 heteroatoms. The Bertz CT molecular complexity index is 730. The van der Waals surface area contributed by atoms with Gasteiger partial charge in [-0.25, -0.2) is 9.97 Å². The summed E-state index contributed by atoms with van der Waals surface area (Å²) in [6.07, 6.45) is 6.00. The summed E-state index contributed by atoms with van der Waals surface area (Å²) in [6, 6.07) is 6.72. The van der Waals surface area contributed by atoms with Crippen LogP contribution in [0.5, 0.6) is 0 Å². The Hall–Kier alpha value is -1.85. The SMILES string of the molecule is O=C(c1ccnc(Nc2cc(Cl)ccc2Cl)n1)N1CCCCCC1. The molecule has 1 N–H and O–H groups in total. The Balaban J connectivity index is 1.78. The van der Waals surface area contributed by atoms with Crippen molar-refractivity contribution in [1.82, 2.24) is 14.9 Å². The number of carbonyl (C=O) groups excluding carboxylic acids is 1. The molecule has 0 aliphatic carbocycles. The molecular formula is C17H18Cl2N4O. The molecule has 0 spiro atoms. The van der Waals surface area contributed by atoms with Gasteiger partial charge in [0.05, 0.1) is 10.7 Å². The Morgan fingerprint density at radius 1 is 1.08 bits per heavy atom. The topological polar surface area (TPSA) is 58.1 Å². The highest BCUT2D eigenvalue weighted by molar-refractivity contribution is 6.35. The molecule has 1 saturated heterocycles. The van der Waals surface area contributed by atoms with Crippen molar-refractivity contribution >= 4 is 40.7 Å². The normalized spacial score (nSPS) is 15.0. The first-order chi connectivity index (χ1) is 11.6. The lowest BCUT2D eigenvalue weighted by molar-refractivity contribution is 0.0755. The Morgan fingerprint density at radius 2 is 1.83 bits per heavy atom. The van der Waals surface area contributed by atoms with E-state index < -0.39 is 0 Å². The van der Waals surface area contributed by atoms with Crippen LogP contribution in [0.25, 0.3) is 0 Å². The maximum absolute atomic E-state index is 12.6. The van der Waals surface area contributed by atoms with E-state index in [2.05, 4.69) is 15.3 Å². The molecule has 1 aromatic heterocycles. The molecule has 0 bridgehead atoms. The molecule has 2 heterocycles. The van der Waals surface area contributed by atoms with E-state index >= 15 is 0 Å². The summed E-state index contributed by atoms with van der Waals surface area (Å²) in [7, 11) is 0. The van der Waals surface area contributed by atoms with Crippen molar-refractivity contribution in [3.05, 3.63) is 46.2 Å². The van der Waals surface area contributed by atoms with E-state index in [0.717, 1.165) is 25.9 Å². The van der Waals surface area contributed by atoms with Gasteiger partial charge in [0.25, 0.3) is 5.91 Å². The van der Waals surface area contributed by atoms with Crippen molar-refractivity contribution in [3.63, 3.8) is 0 Å². The number of anilines is 2. The lowest BCUT2D eigenvalue weighted by Crippen LogP contribution is -2.32. The summed E-state index contributed by atoms with van der Waals surface area (Å²) >= 11 is 12.1. The molecular weight excluding hydrogens is 347 g/mol. The summed E-state index contributed by atoms with van der Waals surface area (Å²) in [5.41, 5.74) is 0.982. The smallest absolute Gasteiger partial charge is 0.272 e. The molecule has 0 unspecified atom stereocenters. The van der Waals surface area contributed by atoms with Crippen LogP contribution in [-0.2, 0) is 0 Å². The number of carbonyl (C=O) groups is 1. The summed E-state index contributed by atoms with van der Waals surface area (Å²) in [6.45, 7) is 1.57. The molecule has 126 valence electrons. The molecule has 24 heavy (non-hydrogen) atoms. The van der Waals surface area contributed by atoms with Crippen molar-refractivity contribution in [3.8, 4) is 0 Å². The van der Waals surface area contributed by atoms with Crippen molar-refractivity contribution in [1.29, 1.82) is 0 Å². The zero-order valence-electron chi connectivity index (χ0n) is 13.1. The minimum absolute atomic E-state index is 0.0560. The van der Waals surface area contributed by atoms with E-state index in [1.165, 1.54) is 12.8 Å². The van der Waals surface area contributed by atoms with Crippen molar-refractivity contribution in [2.24, 2.45) is 0 Å². The van der Waals surface area contributed by atoms with Crippen molar-refractivity contribution < 1.29 is 4.79 Å². The zero-order chi connectivity index (χ0) is 16.9. The first-order valence-electron chi connectivity index (χ1n) is 7.98. The molecule has 1 aliphatic rings. The van der Waals surface area contributed by atoms with Gasteiger partial charge in [0, 0.05) is 24.3 Å². The van der Waals surface area contributed by atoms with E-state index in [9.17, 15) is 4.79 Å². The molecule has 0 saturated carbocycles. The minimum atomic E-state index is -0.0560. The molecule has 1 amide bonds. The van der Waals surface area contributed by atoms with Gasteiger partial charge in [0.2, 0.25) is 5.95 Å². The highest BCUT2D eigenvalue weighted by Crippen LogP contribution is 2.27. The predicted molar refractivity (Wildman–Crippen MR) is 96.1 cm³/mol. The molecule has 1 aliphatic heterocycles. The monoisotopic (exact) mass is 364 g/mol. The van der Waals surface area contributed by atoms with Gasteiger partial charge in [0.1, 0.15) is 5.69 Å². The first kappa shape index (κ1) is 17.0. The second-order valence-electron chi connectivity index (χ2n) is 5.72. The van der Waals surface area contributed by atoms with E-state index in [1.807, 2.05) is 4.90 Å². The third-order valence-corrected chi connectivity index (χ3v) is 4.51. The van der Waals surface area contributed by atoms with Crippen LogP contribution in [0.3, 0.4) is 0 Å². The number of halogens is 2. The second kappa shape index (κ2) is 7.81. The Morgan fingerprint density at radius 3 is 2.58 bits per heavy atom. The van der Waals surface area contributed by atoms with Crippen molar-refractivity contribution in [2.75, 3.05) is 18.4 Å². The second-order valence-corrected chi connectivity index (χ2v) is 6.56. The number of likely N-dealkylation sites (tertiary alicyclic amines) is 1. The third kappa shape index (κ3) is 4.16. The summed E-state index contributed by atoms with van der Waals surface area (Å²) in [5.74, 6) is 0.263. The predicted octanol–water partition coefficient (Wildman–Crippen LogP) is 4.54. The van der Waals surface area contributed by atoms with Gasteiger partial charge in [0.15, 0.2) is 0 Å². The number of nitrogens with zero attached hydrogens (tertiary/aromatic N) is 3. The molecule has 1 fully saturated rings. The quantitative estimate of drug-likeness (QED) is 0.867. The lowest BCUT2D eigenvalue weighted by Gasteiger charge is -2.19. The van der Waals surface area contributed by atoms with Crippen LogP contribution >= 0.6 is 23.2 Å². The summed E-state index contributed by atoms with van der Waals surface area (Å²) in [4.78, 5) is 23.0. The number of rotatable bonds is 3. The fourth-order valence-corrected chi connectivity index (χ4v) is 3.02. The van der Waals surface area contributed by atoms with Gasteiger partial charge in [-0.15, -0.1) is 0 Å².